The monoisotopic (exact) mass is 420 g/mol. The van der Waals surface area contributed by atoms with E-state index in [1.165, 1.54) is 0 Å². The van der Waals surface area contributed by atoms with Gasteiger partial charge in [-0.05, 0) is 61.4 Å². The Balaban J connectivity index is 1.38. The molecule has 2 aromatic carbocycles. The molecule has 0 bridgehead atoms. The molecule has 0 N–H and O–H groups in total. The van der Waals surface area contributed by atoms with E-state index in [2.05, 4.69) is 47.4 Å². The number of fused-ring (bicyclic) bond motifs is 2. The topological polar surface area (TPSA) is 61.4 Å². The largest absolute Gasteiger partial charge is 0.151 e. The molecule has 0 saturated heterocycles. The van der Waals surface area contributed by atoms with E-state index in [0.29, 0.717) is 11.4 Å². The van der Waals surface area contributed by atoms with Gasteiger partial charge in [0.25, 0.3) is 0 Å². The van der Waals surface area contributed by atoms with Crippen LogP contribution in [0.5, 0.6) is 0 Å². The van der Waals surface area contributed by atoms with Crippen molar-refractivity contribution >= 4 is 33.5 Å². The first kappa shape index (κ1) is 20.9. The first-order valence-electron chi connectivity index (χ1n) is 10.2. The van der Waals surface area contributed by atoms with E-state index >= 15 is 0 Å². The predicted octanol–water partition coefficient (Wildman–Crippen LogP) is 5.82. The first-order valence-corrected chi connectivity index (χ1v) is 10.2. The van der Waals surface area contributed by atoms with Gasteiger partial charge in [0.1, 0.15) is 22.1 Å². The van der Waals surface area contributed by atoms with Crippen molar-refractivity contribution in [1.82, 2.24) is 30.0 Å². The lowest BCUT2D eigenvalue weighted by atomic mass is 10.1. The molecule has 2 aromatic heterocycles. The van der Waals surface area contributed by atoms with E-state index in [0.717, 1.165) is 33.2 Å². The van der Waals surface area contributed by atoms with Crippen molar-refractivity contribution in [3.63, 3.8) is 0 Å². The summed E-state index contributed by atoms with van der Waals surface area (Å²) in [5, 5.41) is 17.7. The van der Waals surface area contributed by atoms with Crippen LogP contribution < -0.4 is 0 Å². The number of hydrogen-bond acceptors (Lipinski definition) is 4. The van der Waals surface area contributed by atoms with Gasteiger partial charge in [0, 0.05) is 0 Å². The molecule has 0 radical (unpaired) electrons. The van der Waals surface area contributed by atoms with Gasteiger partial charge in [-0.1, -0.05) is 61.7 Å². The highest BCUT2D eigenvalue weighted by atomic mass is 15.5. The fourth-order valence-electron chi connectivity index (χ4n) is 2.98. The van der Waals surface area contributed by atoms with Crippen LogP contribution in [0, 0.1) is 0 Å². The summed E-state index contributed by atoms with van der Waals surface area (Å²) in [6.45, 7) is 12.2. The summed E-state index contributed by atoms with van der Waals surface area (Å²) in [7, 11) is 0. The van der Waals surface area contributed by atoms with Crippen molar-refractivity contribution < 1.29 is 0 Å². The number of allylic oxidation sites excluding steroid dienone is 10. The van der Waals surface area contributed by atoms with Crippen molar-refractivity contribution in [2.45, 2.75) is 13.8 Å². The number of nitrogens with zero attached hydrogens (tertiary/aromatic N) is 6. The summed E-state index contributed by atoms with van der Waals surface area (Å²) in [6, 6.07) is 15.5. The maximum absolute atomic E-state index is 4.43. The van der Waals surface area contributed by atoms with Gasteiger partial charge in [0.2, 0.25) is 0 Å². The van der Waals surface area contributed by atoms with Crippen molar-refractivity contribution in [1.29, 1.82) is 0 Å². The second-order valence-corrected chi connectivity index (χ2v) is 7.36. The Hall–Kier alpha value is -4.32. The molecular formula is C26H24N6. The van der Waals surface area contributed by atoms with E-state index in [1.807, 2.05) is 85.0 Å². The van der Waals surface area contributed by atoms with E-state index < -0.39 is 0 Å². The van der Waals surface area contributed by atoms with Gasteiger partial charge in [-0.25, -0.2) is 0 Å². The molecule has 2 heterocycles. The third-order valence-corrected chi connectivity index (χ3v) is 4.98. The van der Waals surface area contributed by atoms with E-state index in [4.69, 9.17) is 0 Å². The molecule has 0 aliphatic carbocycles. The molecule has 4 aromatic rings. The lowest BCUT2D eigenvalue weighted by Crippen LogP contribution is -1.97. The third kappa shape index (κ3) is 4.70. The van der Waals surface area contributed by atoms with E-state index in [9.17, 15) is 0 Å². The quantitative estimate of drug-likeness (QED) is 0.353. The Labute approximate surface area is 186 Å². The molecule has 4 rings (SSSR count). The maximum Gasteiger partial charge on any atom is 0.113 e. The van der Waals surface area contributed by atoms with Crippen LogP contribution in [0.4, 0.5) is 0 Å². The number of hydrogen-bond donors (Lipinski definition) is 0. The van der Waals surface area contributed by atoms with E-state index in [1.54, 1.807) is 9.59 Å². The maximum atomic E-state index is 4.43. The van der Waals surface area contributed by atoms with Gasteiger partial charge < -0.3 is 0 Å². The summed E-state index contributed by atoms with van der Waals surface area (Å²) in [5.74, 6) is 0. The van der Waals surface area contributed by atoms with Gasteiger partial charge >= 0.3 is 0 Å². The average Bonchev–Trinajstić information content (AvgIpc) is 3.43. The molecule has 0 amide bonds. The SMILES string of the molecule is C=C(\C=C/C=C(C)/C(C)=C/C=C\C(=C)n1nc2ccccc2n1)n1nc2ccccc2n1. The zero-order valence-corrected chi connectivity index (χ0v) is 18.2. The Morgan fingerprint density at radius 3 is 1.25 bits per heavy atom. The van der Waals surface area contributed by atoms with E-state index in [-0.39, 0.29) is 0 Å². The van der Waals surface area contributed by atoms with Gasteiger partial charge in [-0.2, -0.15) is 9.59 Å². The summed E-state index contributed by atoms with van der Waals surface area (Å²) >= 11 is 0. The molecular weight excluding hydrogens is 396 g/mol. The molecule has 6 heteroatoms. The van der Waals surface area contributed by atoms with Crippen LogP contribution in [0.25, 0.3) is 33.5 Å². The molecule has 0 aliphatic heterocycles. The number of aromatic nitrogens is 6. The summed E-state index contributed by atoms with van der Waals surface area (Å²) in [5.41, 5.74) is 7.04. The summed E-state index contributed by atoms with van der Waals surface area (Å²) in [6.07, 6.45) is 11.7. The minimum atomic E-state index is 0.696. The Bertz CT molecular complexity index is 1250. The molecule has 32 heavy (non-hydrogen) atoms. The minimum Gasteiger partial charge on any atom is -0.151 e. The molecule has 0 aliphatic rings. The second-order valence-electron chi connectivity index (χ2n) is 7.36. The standard InChI is InChI=1S/C26H24N6/c1-19(11-9-13-21(3)31-27-23-15-5-6-16-24(23)28-31)20(2)12-10-14-22(4)32-29-25-17-7-8-18-26(25)30-32/h5-18H,3-4H2,1-2H3/b13-9-,14-10-,19-11+,20-12+. The fraction of sp³-hybridized carbons (Fsp3) is 0.0769. The average molecular weight is 421 g/mol. The minimum absolute atomic E-state index is 0.696. The van der Waals surface area contributed by atoms with Crippen LogP contribution in [0.1, 0.15) is 13.8 Å². The second kappa shape index (κ2) is 9.22. The lowest BCUT2D eigenvalue weighted by Gasteiger charge is -2.00. The molecule has 158 valence electrons. The highest BCUT2D eigenvalue weighted by molar-refractivity contribution is 5.75. The van der Waals surface area contributed by atoms with Crippen LogP contribution in [0.3, 0.4) is 0 Å². The van der Waals surface area contributed by atoms with Crippen molar-refractivity contribution in [3.8, 4) is 0 Å². The molecule has 0 spiro atoms. The molecule has 0 fully saturated rings. The van der Waals surface area contributed by atoms with Gasteiger partial charge in [-0.15, -0.1) is 20.4 Å². The normalized spacial score (nSPS) is 13.1. The van der Waals surface area contributed by atoms with Gasteiger partial charge in [0.05, 0.1) is 11.4 Å². The predicted molar refractivity (Wildman–Crippen MR) is 132 cm³/mol. The van der Waals surface area contributed by atoms with Gasteiger partial charge in [0.15, 0.2) is 0 Å². The van der Waals surface area contributed by atoms with Gasteiger partial charge in [-0.3, -0.25) is 0 Å². The Morgan fingerprint density at radius 2 is 0.938 bits per heavy atom. The number of rotatable bonds is 7. The first-order chi connectivity index (χ1) is 15.5. The van der Waals surface area contributed by atoms with Crippen LogP contribution in [-0.2, 0) is 0 Å². The number of benzene rings is 2. The van der Waals surface area contributed by atoms with Crippen LogP contribution >= 0.6 is 0 Å². The van der Waals surface area contributed by atoms with Crippen LogP contribution in [0.2, 0.25) is 0 Å². The van der Waals surface area contributed by atoms with Crippen molar-refractivity contribution in [2.75, 3.05) is 0 Å². The zero-order chi connectivity index (χ0) is 22.5. The molecule has 0 saturated carbocycles. The van der Waals surface area contributed by atoms with Crippen LogP contribution in [0.15, 0.2) is 109 Å². The highest BCUT2D eigenvalue weighted by Gasteiger charge is 2.03. The lowest BCUT2D eigenvalue weighted by molar-refractivity contribution is 0.793. The third-order valence-electron chi connectivity index (χ3n) is 4.98. The Kier molecular flexibility index (Phi) is 6.03. The molecule has 6 nitrogen and oxygen atoms in total. The summed E-state index contributed by atoms with van der Waals surface area (Å²) < 4.78 is 0. The fourth-order valence-corrected chi connectivity index (χ4v) is 2.98. The zero-order valence-electron chi connectivity index (χ0n) is 18.2. The Morgan fingerprint density at radius 1 is 0.625 bits per heavy atom. The summed E-state index contributed by atoms with van der Waals surface area (Å²) in [4.78, 5) is 3.10. The van der Waals surface area contributed by atoms with Crippen molar-refractivity contribution in [3.05, 3.63) is 109 Å². The molecule has 0 atom stereocenters. The van der Waals surface area contributed by atoms with Crippen molar-refractivity contribution in [2.24, 2.45) is 0 Å². The smallest absolute Gasteiger partial charge is 0.113 e. The van der Waals surface area contributed by atoms with Crippen LogP contribution in [-0.4, -0.2) is 30.0 Å². The highest BCUT2D eigenvalue weighted by Crippen LogP contribution is 2.13. The molecule has 0 unspecified atom stereocenters.